The lowest BCUT2D eigenvalue weighted by atomic mass is 9.87. The van der Waals surface area contributed by atoms with E-state index in [-0.39, 0.29) is 0 Å². The van der Waals surface area contributed by atoms with E-state index < -0.39 is 0 Å². The number of fused-ring (bicyclic) bond motifs is 2. The van der Waals surface area contributed by atoms with Crippen LogP contribution in [0, 0.1) is 13.8 Å². The minimum atomic E-state index is 0.391. The van der Waals surface area contributed by atoms with Crippen LogP contribution in [0.3, 0.4) is 0 Å². The highest BCUT2D eigenvalue weighted by atomic mass is 15.3. The fourth-order valence-electron chi connectivity index (χ4n) is 5.25. The van der Waals surface area contributed by atoms with Crippen molar-refractivity contribution in [2.24, 2.45) is 5.73 Å². The minimum absolute atomic E-state index is 0.391. The number of likely N-dealkylation sites (tertiary alicyclic amines) is 1. The molecular weight excluding hydrogens is 396 g/mol. The second-order valence-electron chi connectivity index (χ2n) is 9.45. The molecule has 4 aromatic rings. The van der Waals surface area contributed by atoms with Gasteiger partial charge >= 0.3 is 0 Å². The van der Waals surface area contributed by atoms with Crippen molar-refractivity contribution < 1.29 is 0 Å². The zero-order chi connectivity index (χ0) is 22.6. The monoisotopic (exact) mass is 428 g/mol. The molecule has 0 bridgehead atoms. The molecule has 5 rings (SSSR count). The maximum Gasteiger partial charge on any atom is 0.158 e. The van der Waals surface area contributed by atoms with Crippen LogP contribution in [0.5, 0.6) is 0 Å². The summed E-state index contributed by atoms with van der Waals surface area (Å²) in [6.07, 6.45) is 5.95. The molecule has 1 saturated heterocycles. The summed E-state index contributed by atoms with van der Waals surface area (Å²) in [6.45, 7) is 14.7. The number of hydrogen-bond donors (Lipinski definition) is 2. The van der Waals surface area contributed by atoms with E-state index in [1.54, 1.807) is 6.33 Å². The van der Waals surface area contributed by atoms with Gasteiger partial charge in [-0.3, -0.25) is 0 Å². The zero-order valence-corrected chi connectivity index (χ0v) is 19.4. The van der Waals surface area contributed by atoms with Gasteiger partial charge in [0.05, 0.1) is 11.5 Å². The molecular formula is C26H32N6. The molecule has 1 aliphatic rings. The molecule has 0 saturated carbocycles. The molecule has 1 aliphatic heterocycles. The average Bonchev–Trinajstić information content (AvgIpc) is 3.40. The van der Waals surface area contributed by atoms with Gasteiger partial charge in [-0.1, -0.05) is 26.5 Å². The van der Waals surface area contributed by atoms with Gasteiger partial charge in [-0.15, -0.1) is 0 Å². The molecule has 0 radical (unpaired) electrons. The van der Waals surface area contributed by atoms with Gasteiger partial charge < -0.3 is 15.6 Å². The van der Waals surface area contributed by atoms with E-state index in [0.29, 0.717) is 17.7 Å². The topological polar surface area (TPSA) is 75.2 Å². The Morgan fingerprint density at radius 1 is 1.19 bits per heavy atom. The molecule has 1 aromatic carbocycles. The smallest absolute Gasteiger partial charge is 0.158 e. The highest BCUT2D eigenvalue weighted by Gasteiger charge is 2.24. The Bertz CT molecular complexity index is 1320. The largest absolute Gasteiger partial charge is 0.386 e. The average molecular weight is 429 g/mol. The van der Waals surface area contributed by atoms with E-state index in [9.17, 15) is 0 Å². The number of piperidine rings is 1. The number of aromatic nitrogens is 4. The highest BCUT2D eigenvalue weighted by Crippen LogP contribution is 2.40. The Morgan fingerprint density at radius 2 is 1.94 bits per heavy atom. The molecule has 32 heavy (non-hydrogen) atoms. The van der Waals surface area contributed by atoms with Crippen molar-refractivity contribution in [1.82, 2.24) is 24.5 Å². The summed E-state index contributed by atoms with van der Waals surface area (Å²) >= 11 is 0. The first-order valence-electron chi connectivity index (χ1n) is 11.5. The Labute approximate surface area is 189 Å². The molecule has 6 heteroatoms. The third-order valence-corrected chi connectivity index (χ3v) is 7.21. The molecule has 0 spiro atoms. The first-order valence-corrected chi connectivity index (χ1v) is 11.5. The molecule has 4 heterocycles. The van der Waals surface area contributed by atoms with Gasteiger partial charge in [-0.2, -0.15) is 5.10 Å². The molecule has 6 nitrogen and oxygen atoms in total. The van der Waals surface area contributed by atoms with Gasteiger partial charge in [0.15, 0.2) is 5.65 Å². The van der Waals surface area contributed by atoms with E-state index in [4.69, 9.17) is 5.73 Å². The standard InChI is InChI=1S/C26H32N6/c1-15(2)24-21-12-20(19-8-10-31(11-9-19)18(5)27)6-7-23(21)30-25(24)22-13-32-26(28-14-29-32)17(4)16(22)3/h6-7,12-15,19,30H,5,8-11,27H2,1-4H3. The van der Waals surface area contributed by atoms with E-state index in [2.05, 4.69) is 78.6 Å². The molecule has 0 aliphatic carbocycles. The van der Waals surface area contributed by atoms with Crippen molar-refractivity contribution in [2.75, 3.05) is 13.1 Å². The molecule has 166 valence electrons. The molecule has 1 fully saturated rings. The van der Waals surface area contributed by atoms with Crippen LogP contribution in [0.15, 0.2) is 43.1 Å². The summed E-state index contributed by atoms with van der Waals surface area (Å²) in [5.74, 6) is 1.64. The van der Waals surface area contributed by atoms with Crippen LogP contribution in [0.4, 0.5) is 0 Å². The molecule has 3 N–H and O–H groups in total. The molecule has 0 unspecified atom stereocenters. The van der Waals surface area contributed by atoms with Gasteiger partial charge in [0.1, 0.15) is 6.33 Å². The second kappa shape index (κ2) is 7.69. The van der Waals surface area contributed by atoms with Gasteiger partial charge in [0, 0.05) is 35.8 Å². The number of nitrogens with two attached hydrogens (primary N) is 1. The Hall–Kier alpha value is -3.28. The quantitative estimate of drug-likeness (QED) is 0.467. The number of aromatic amines is 1. The fourth-order valence-corrected chi connectivity index (χ4v) is 5.25. The maximum atomic E-state index is 5.90. The Balaban J connectivity index is 1.61. The number of nitrogens with zero attached hydrogens (tertiary/aromatic N) is 4. The number of aryl methyl sites for hydroxylation is 1. The maximum absolute atomic E-state index is 5.90. The van der Waals surface area contributed by atoms with Gasteiger partial charge in [0.2, 0.25) is 0 Å². The van der Waals surface area contributed by atoms with Crippen molar-refractivity contribution in [3.8, 4) is 11.3 Å². The summed E-state index contributed by atoms with van der Waals surface area (Å²) in [5.41, 5.74) is 15.6. The number of benzene rings is 1. The van der Waals surface area contributed by atoms with E-state index in [1.165, 1.54) is 44.4 Å². The van der Waals surface area contributed by atoms with Crippen molar-refractivity contribution in [2.45, 2.75) is 52.4 Å². The van der Waals surface area contributed by atoms with Crippen molar-refractivity contribution in [3.05, 3.63) is 65.4 Å². The van der Waals surface area contributed by atoms with Crippen LogP contribution >= 0.6 is 0 Å². The zero-order valence-electron chi connectivity index (χ0n) is 19.4. The number of H-pyrrole nitrogens is 1. The summed E-state index contributed by atoms with van der Waals surface area (Å²) in [5, 5.41) is 5.73. The minimum Gasteiger partial charge on any atom is -0.386 e. The van der Waals surface area contributed by atoms with Crippen LogP contribution in [0.1, 0.15) is 60.8 Å². The van der Waals surface area contributed by atoms with Crippen LogP contribution in [-0.4, -0.2) is 37.6 Å². The normalized spacial score (nSPS) is 15.3. The van der Waals surface area contributed by atoms with E-state index >= 15 is 0 Å². The summed E-state index contributed by atoms with van der Waals surface area (Å²) in [4.78, 5) is 10.3. The van der Waals surface area contributed by atoms with Crippen LogP contribution < -0.4 is 5.73 Å². The Kier molecular flexibility index (Phi) is 4.96. The summed E-state index contributed by atoms with van der Waals surface area (Å²) in [7, 11) is 0. The Morgan fingerprint density at radius 3 is 2.62 bits per heavy atom. The van der Waals surface area contributed by atoms with Gasteiger partial charge in [0.25, 0.3) is 0 Å². The number of rotatable bonds is 4. The third kappa shape index (κ3) is 3.25. The SMILES string of the molecule is C=C(N)N1CCC(c2ccc3[nH]c(-c4cn5ncnc5c(C)c4C)c(C(C)C)c3c2)CC1. The lowest BCUT2D eigenvalue weighted by Crippen LogP contribution is -2.34. The van der Waals surface area contributed by atoms with Crippen LogP contribution in [0.2, 0.25) is 0 Å². The van der Waals surface area contributed by atoms with Crippen LogP contribution in [-0.2, 0) is 0 Å². The molecule has 0 amide bonds. The summed E-state index contributed by atoms with van der Waals surface area (Å²) in [6, 6.07) is 6.96. The number of hydrogen-bond acceptors (Lipinski definition) is 4. The predicted octanol–water partition coefficient (Wildman–Crippen LogP) is 5.23. The van der Waals surface area contributed by atoms with Crippen molar-refractivity contribution in [1.29, 1.82) is 0 Å². The second-order valence-corrected chi connectivity index (χ2v) is 9.45. The molecule has 3 aromatic heterocycles. The fraction of sp³-hybridized carbons (Fsp3) is 0.385. The summed E-state index contributed by atoms with van der Waals surface area (Å²) < 4.78 is 1.89. The van der Waals surface area contributed by atoms with Gasteiger partial charge in [-0.05, 0) is 72.9 Å². The number of pyridine rings is 1. The molecule has 0 atom stereocenters. The van der Waals surface area contributed by atoms with Crippen molar-refractivity contribution >= 4 is 16.6 Å². The number of nitrogens with one attached hydrogen (secondary N) is 1. The highest BCUT2D eigenvalue weighted by molar-refractivity contribution is 5.92. The van der Waals surface area contributed by atoms with Gasteiger partial charge in [-0.25, -0.2) is 9.50 Å². The first-order chi connectivity index (χ1) is 15.3. The van der Waals surface area contributed by atoms with Crippen LogP contribution in [0.25, 0.3) is 27.8 Å². The predicted molar refractivity (Wildman–Crippen MR) is 131 cm³/mol. The van der Waals surface area contributed by atoms with Crippen molar-refractivity contribution in [3.63, 3.8) is 0 Å². The first kappa shape index (κ1) is 20.6. The third-order valence-electron chi connectivity index (χ3n) is 7.21. The lowest BCUT2D eigenvalue weighted by molar-refractivity contribution is 0.262. The lowest BCUT2D eigenvalue weighted by Gasteiger charge is -2.33. The van der Waals surface area contributed by atoms with E-state index in [1.807, 2.05) is 4.52 Å². The van der Waals surface area contributed by atoms with E-state index in [0.717, 1.165) is 31.6 Å².